The van der Waals surface area contributed by atoms with E-state index in [1.807, 2.05) is 33.5 Å². The van der Waals surface area contributed by atoms with E-state index in [0.717, 1.165) is 0 Å². The summed E-state index contributed by atoms with van der Waals surface area (Å²) in [6.45, 7) is 13.7. The number of phenolic OH excluding ortho intramolecular Hbond substituents is 1. The van der Waals surface area contributed by atoms with E-state index in [4.69, 9.17) is 33.1 Å². The molecule has 17 heteroatoms. The number of hydrogen-bond acceptors (Lipinski definition) is 15. The van der Waals surface area contributed by atoms with Gasteiger partial charge in [-0.15, -0.1) is 11.8 Å². The first kappa shape index (κ1) is 50.0. The van der Waals surface area contributed by atoms with E-state index < -0.39 is 82.7 Å². The molecule has 16 nitrogen and oxygen atoms in total. The van der Waals surface area contributed by atoms with E-state index in [0.29, 0.717) is 33.8 Å². The number of aliphatic hydroxyl groups excluding tert-OH is 2. The molecule has 0 spiro atoms. The number of fused-ring (bicyclic) bond motifs is 2. The molecule has 0 fully saturated rings. The van der Waals surface area contributed by atoms with Gasteiger partial charge in [-0.25, -0.2) is 4.98 Å². The molecule has 0 saturated heterocycles. The molecular weight excluding hydrogens is 871 g/mol. The molecule has 9 atom stereocenters. The number of nitrogens with one attached hydrogen (secondary N) is 1. The molecule has 3 heterocycles. The quantitative estimate of drug-likeness (QED) is 0.0496. The first-order valence-corrected chi connectivity index (χ1v) is 23.1. The number of thioether (sulfide) groups is 1. The number of rotatable bonds is 7. The summed E-state index contributed by atoms with van der Waals surface area (Å²) in [5.41, 5.74) is -0.488. The number of aliphatic hydroxyl groups is 2. The Morgan fingerprint density at radius 3 is 2.33 bits per heavy atom. The molecule has 356 valence electrons. The monoisotopic (exact) mass is 932 g/mol. The van der Waals surface area contributed by atoms with Gasteiger partial charge in [0.05, 0.1) is 56.7 Å². The van der Waals surface area contributed by atoms with Crippen LogP contribution in [0, 0.1) is 30.6 Å². The van der Waals surface area contributed by atoms with Gasteiger partial charge in [-0.3, -0.25) is 19.2 Å². The Bertz CT molecular complexity index is 2670. The molecule has 2 aromatic carbocycles. The van der Waals surface area contributed by atoms with Gasteiger partial charge in [0.25, 0.3) is 11.7 Å². The van der Waals surface area contributed by atoms with Crippen LogP contribution in [0.4, 0.5) is 5.69 Å². The maximum Gasteiger partial charge on any atom is 0.312 e. The van der Waals surface area contributed by atoms with Crippen molar-refractivity contribution in [2.45, 2.75) is 90.5 Å². The number of aromatic nitrogens is 1. The van der Waals surface area contributed by atoms with E-state index >= 15 is 0 Å². The normalized spacial score (nSPS) is 28.4. The minimum absolute atomic E-state index is 0.0151. The van der Waals surface area contributed by atoms with Crippen LogP contribution in [0.15, 0.2) is 62.4 Å². The lowest BCUT2D eigenvalue weighted by atomic mass is 9.78. The highest BCUT2D eigenvalue weighted by molar-refractivity contribution is 7.98. The van der Waals surface area contributed by atoms with Crippen molar-refractivity contribution in [3.63, 3.8) is 0 Å². The Labute approximate surface area is 388 Å². The fourth-order valence-corrected chi connectivity index (χ4v) is 9.10. The summed E-state index contributed by atoms with van der Waals surface area (Å²) in [4.78, 5) is 61.8. The number of amides is 1. The Morgan fingerprint density at radius 2 is 1.70 bits per heavy atom. The molecule has 4 aliphatic rings. The highest BCUT2D eigenvalue weighted by Crippen LogP contribution is 2.51. The topological polar surface area (TPSA) is 213 Å². The van der Waals surface area contributed by atoms with Crippen molar-refractivity contribution in [3.8, 4) is 28.7 Å². The number of carbonyl (C=O) groups excluding carboxylic acids is 3. The Kier molecular flexibility index (Phi) is 14.7. The number of ketones is 1. The molecule has 0 saturated carbocycles. The summed E-state index contributed by atoms with van der Waals surface area (Å²) < 4.78 is 37.4. The standard InChI is InChI=1S/C49H61N3O13S/c1-23-15-14-16-24(2)48(59)51-39-43(57)35-34(38-46(39)64-32-21-30(61-20-18-52(9,10)11)22-33(66-13)37(32)50-38)36-45(28(6)42(35)56)65-49(8,47(36)58)62-19-17-31(60-12)25(3)44(63-29(7)53)27(5)41(55)26(4)40(23)54/h14-17,19,21-23,25-27,31,40-41,44,54-55H,18,20H2,1-13H3,(H-,50,51,56,57,58,59)/p+1/b15-14+,19-17+,24-16-/t23-,25+,26+,27+,31-,40-,41+,44+,49-/m0/s1. The zero-order valence-corrected chi connectivity index (χ0v) is 40.6. The summed E-state index contributed by atoms with van der Waals surface area (Å²) in [5.74, 6) is -6.80. The number of anilines is 1. The van der Waals surface area contributed by atoms with Crippen LogP contribution in [0.3, 0.4) is 0 Å². The lowest BCUT2D eigenvalue weighted by molar-refractivity contribution is -0.870. The van der Waals surface area contributed by atoms with Crippen molar-refractivity contribution in [3.05, 3.63) is 69.6 Å². The number of esters is 1. The molecule has 2 aromatic rings. The van der Waals surface area contributed by atoms with Crippen LogP contribution in [0.5, 0.6) is 17.2 Å². The zero-order valence-electron chi connectivity index (χ0n) is 39.8. The third-order valence-electron chi connectivity index (χ3n) is 12.6. The number of likely N-dealkylation sites (N-methyl/N-ethyl adjacent to an activating group) is 1. The number of hydrogen-bond donors (Lipinski definition) is 4. The Morgan fingerprint density at radius 1 is 1.00 bits per heavy atom. The molecule has 3 aliphatic heterocycles. The maximum absolute atomic E-state index is 14.9. The molecule has 6 rings (SSSR count). The van der Waals surface area contributed by atoms with Gasteiger partial charge in [-0.1, -0.05) is 45.9 Å². The number of ether oxygens (including phenoxy) is 5. The third kappa shape index (κ3) is 9.67. The predicted molar refractivity (Wildman–Crippen MR) is 251 cm³/mol. The molecule has 4 N–H and O–H groups in total. The molecule has 4 bridgehead atoms. The SMILES string of the molecule is CO[C@H]1/C=C/O[C@@]2(C)Oc3c(C)c(O)c4c(=O)c(c5oc6cc(OCC[N+](C)(C)C)cc(SC)c6nc-5c4c3C2=O)NC(=O)/C(C)=C\C=C\[C@H](C)[C@H](O)[C@@H](C)[C@@H](O)[C@@H](C)[C@H](OC(C)=O)[C@@H]1C. The van der Waals surface area contributed by atoms with Crippen molar-refractivity contribution in [2.24, 2.45) is 23.7 Å². The van der Waals surface area contributed by atoms with Gasteiger partial charge in [0, 0.05) is 72.1 Å². The van der Waals surface area contributed by atoms with Crippen molar-refractivity contribution in [1.82, 2.24) is 4.98 Å². The fourth-order valence-electron chi connectivity index (χ4n) is 8.53. The summed E-state index contributed by atoms with van der Waals surface area (Å²) in [6, 6.07) is 3.46. The second kappa shape index (κ2) is 19.4. The summed E-state index contributed by atoms with van der Waals surface area (Å²) in [6.07, 6.45) is 5.46. The minimum Gasteiger partial charge on any atom is -0.507 e. The van der Waals surface area contributed by atoms with Crippen molar-refractivity contribution in [2.75, 3.05) is 53.0 Å². The van der Waals surface area contributed by atoms with Gasteiger partial charge < -0.3 is 53.2 Å². The van der Waals surface area contributed by atoms with Crippen LogP contribution in [-0.2, 0) is 23.8 Å². The van der Waals surface area contributed by atoms with Crippen molar-refractivity contribution in [1.29, 1.82) is 0 Å². The summed E-state index contributed by atoms with van der Waals surface area (Å²) >= 11 is 1.37. The Balaban J connectivity index is 1.61. The first-order valence-electron chi connectivity index (χ1n) is 21.9. The largest absolute Gasteiger partial charge is 0.507 e. The second-order valence-corrected chi connectivity index (χ2v) is 19.4. The lowest BCUT2D eigenvalue weighted by Crippen LogP contribution is -2.46. The fraction of sp³-hybridized carbons (Fsp3) is 0.490. The first-order chi connectivity index (χ1) is 30.9. The number of aromatic hydroxyl groups is 1. The van der Waals surface area contributed by atoms with E-state index in [9.17, 15) is 34.5 Å². The van der Waals surface area contributed by atoms with E-state index in [1.165, 1.54) is 65.0 Å². The van der Waals surface area contributed by atoms with Crippen LogP contribution in [0.1, 0.15) is 64.4 Å². The highest BCUT2D eigenvalue weighted by atomic mass is 32.2. The molecule has 66 heavy (non-hydrogen) atoms. The van der Waals surface area contributed by atoms with Gasteiger partial charge in [0.15, 0.2) is 11.3 Å². The van der Waals surface area contributed by atoms with Gasteiger partial charge in [0.1, 0.15) is 53.4 Å². The van der Waals surface area contributed by atoms with Crippen molar-refractivity contribution >= 4 is 57.0 Å². The van der Waals surface area contributed by atoms with Gasteiger partial charge in [-0.2, -0.15) is 0 Å². The highest BCUT2D eigenvalue weighted by Gasteiger charge is 2.50. The molecule has 1 amide bonds. The Hall–Kier alpha value is -5.46. The number of quaternary nitrogens is 1. The number of carbonyl (C=O) groups is 3. The third-order valence-corrected chi connectivity index (χ3v) is 13.4. The maximum atomic E-state index is 14.9. The van der Waals surface area contributed by atoms with Crippen molar-refractivity contribution < 1.29 is 62.3 Å². The molecule has 1 aliphatic carbocycles. The van der Waals surface area contributed by atoms with Crippen LogP contribution < -0.4 is 20.2 Å². The summed E-state index contributed by atoms with van der Waals surface area (Å²) in [5, 5.41) is 37.3. The zero-order chi connectivity index (χ0) is 48.7. The predicted octanol–water partition coefficient (Wildman–Crippen LogP) is 6.76. The average Bonchev–Trinajstić information content (AvgIpc) is 3.53. The van der Waals surface area contributed by atoms with Gasteiger partial charge >= 0.3 is 11.8 Å². The summed E-state index contributed by atoms with van der Waals surface area (Å²) in [7, 11) is 7.60. The smallest absolute Gasteiger partial charge is 0.312 e. The number of benzene rings is 3. The number of methoxy groups -OCH3 is 1. The number of phenols is 1. The van der Waals surface area contributed by atoms with Crippen LogP contribution in [-0.4, -0.2) is 120 Å². The average molecular weight is 933 g/mol. The lowest BCUT2D eigenvalue weighted by Gasteiger charge is -2.38. The van der Waals surface area contributed by atoms with Crippen LogP contribution >= 0.6 is 11.8 Å². The molecule has 0 aromatic heterocycles. The van der Waals surface area contributed by atoms with E-state index in [2.05, 4.69) is 5.32 Å². The second-order valence-electron chi connectivity index (χ2n) is 18.6. The number of nitrogens with zero attached hydrogens (tertiary/aromatic N) is 2. The number of Topliss-reactive ketones (excluding diaryl/α,β-unsaturated/α-hetero) is 1. The van der Waals surface area contributed by atoms with E-state index in [1.54, 1.807) is 45.9 Å². The number of allylic oxidation sites excluding steroid dienone is 2. The molecular formula is C49H62N3O13S+. The molecule has 0 radical (unpaired) electrons. The van der Waals surface area contributed by atoms with Gasteiger partial charge in [-0.05, 0) is 32.2 Å². The van der Waals surface area contributed by atoms with Crippen LogP contribution in [0.25, 0.3) is 33.3 Å². The van der Waals surface area contributed by atoms with Crippen LogP contribution in [0.2, 0.25) is 0 Å². The molecule has 0 unspecified atom stereocenters. The van der Waals surface area contributed by atoms with E-state index in [-0.39, 0.29) is 55.9 Å². The minimum atomic E-state index is -2.05. The van der Waals surface area contributed by atoms with Gasteiger partial charge in [0.2, 0.25) is 5.43 Å².